The van der Waals surface area contributed by atoms with E-state index < -0.39 is 0 Å². The molecule has 0 radical (unpaired) electrons. The normalized spacial score (nSPS) is 10.3. The Balaban J connectivity index is 1.79. The van der Waals surface area contributed by atoms with Crippen LogP contribution in [0.3, 0.4) is 0 Å². The van der Waals surface area contributed by atoms with E-state index in [2.05, 4.69) is 15.4 Å². The standard InChI is InChI=1S/C19H18N4O3/c1-2-26-17-6-4-3-5-16(17)21-18(24)13-23-19(25)8-7-15(22-23)14-9-11-20-12-10-14/h3-12H,2,13H2,1H3,(H,21,24). The summed E-state index contributed by atoms with van der Waals surface area (Å²) in [5.41, 5.74) is 1.61. The minimum atomic E-state index is -0.362. The van der Waals surface area contributed by atoms with Gasteiger partial charge in [0.2, 0.25) is 5.91 Å². The van der Waals surface area contributed by atoms with Crippen LogP contribution in [0.15, 0.2) is 65.7 Å². The lowest BCUT2D eigenvalue weighted by atomic mass is 10.2. The van der Waals surface area contributed by atoms with Gasteiger partial charge in [0, 0.05) is 24.0 Å². The Bertz CT molecular complexity index is 954. The Morgan fingerprint density at radius 2 is 1.88 bits per heavy atom. The Morgan fingerprint density at radius 1 is 1.12 bits per heavy atom. The number of pyridine rings is 1. The Morgan fingerprint density at radius 3 is 2.65 bits per heavy atom. The number of anilines is 1. The summed E-state index contributed by atoms with van der Waals surface area (Å²) in [6, 6.07) is 13.7. The number of nitrogens with one attached hydrogen (secondary N) is 1. The van der Waals surface area contributed by atoms with Crippen LogP contribution in [-0.2, 0) is 11.3 Å². The molecule has 0 fully saturated rings. The Kier molecular flexibility index (Phi) is 5.38. The molecule has 0 aliphatic heterocycles. The molecule has 1 N–H and O–H groups in total. The van der Waals surface area contributed by atoms with Crippen molar-refractivity contribution in [3.63, 3.8) is 0 Å². The summed E-state index contributed by atoms with van der Waals surface area (Å²) < 4.78 is 6.62. The lowest BCUT2D eigenvalue weighted by Gasteiger charge is -2.12. The third-order valence-electron chi connectivity index (χ3n) is 3.60. The molecule has 3 rings (SSSR count). The number of amides is 1. The van der Waals surface area contributed by atoms with Gasteiger partial charge in [-0.2, -0.15) is 5.10 Å². The monoisotopic (exact) mass is 350 g/mol. The molecule has 2 heterocycles. The van der Waals surface area contributed by atoms with E-state index in [1.165, 1.54) is 6.07 Å². The number of hydrogen-bond donors (Lipinski definition) is 1. The third-order valence-corrected chi connectivity index (χ3v) is 3.60. The number of carbonyl (C=O) groups excluding carboxylic acids is 1. The zero-order valence-corrected chi connectivity index (χ0v) is 14.3. The molecule has 7 nitrogen and oxygen atoms in total. The van der Waals surface area contributed by atoms with Crippen molar-refractivity contribution in [1.82, 2.24) is 14.8 Å². The van der Waals surface area contributed by atoms with Gasteiger partial charge in [-0.1, -0.05) is 12.1 Å². The molecule has 0 spiro atoms. The molecular formula is C19H18N4O3. The first-order chi connectivity index (χ1) is 12.7. The SMILES string of the molecule is CCOc1ccccc1NC(=O)Cn1nc(-c2ccncc2)ccc1=O. The van der Waals surface area contributed by atoms with Gasteiger partial charge in [-0.15, -0.1) is 0 Å². The fourth-order valence-corrected chi connectivity index (χ4v) is 2.42. The van der Waals surface area contributed by atoms with E-state index in [4.69, 9.17) is 4.74 Å². The molecule has 132 valence electrons. The quantitative estimate of drug-likeness (QED) is 0.737. The first kappa shape index (κ1) is 17.3. The molecule has 2 aromatic heterocycles. The summed E-state index contributed by atoms with van der Waals surface area (Å²) >= 11 is 0. The lowest BCUT2D eigenvalue weighted by Crippen LogP contribution is -2.29. The largest absolute Gasteiger partial charge is 0.492 e. The lowest BCUT2D eigenvalue weighted by molar-refractivity contribution is -0.117. The molecule has 1 aromatic carbocycles. The van der Waals surface area contributed by atoms with E-state index in [1.807, 2.05) is 13.0 Å². The third kappa shape index (κ3) is 4.13. The number of benzene rings is 1. The van der Waals surface area contributed by atoms with E-state index in [-0.39, 0.29) is 18.0 Å². The predicted octanol–water partition coefficient (Wildman–Crippen LogP) is 2.34. The van der Waals surface area contributed by atoms with Gasteiger partial charge < -0.3 is 10.1 Å². The van der Waals surface area contributed by atoms with Crippen LogP contribution in [-0.4, -0.2) is 27.3 Å². The molecule has 0 saturated heterocycles. The van der Waals surface area contributed by atoms with Gasteiger partial charge in [-0.3, -0.25) is 14.6 Å². The first-order valence-corrected chi connectivity index (χ1v) is 8.17. The van der Waals surface area contributed by atoms with Crippen molar-refractivity contribution in [1.29, 1.82) is 0 Å². The number of aromatic nitrogens is 3. The molecule has 0 atom stereocenters. The van der Waals surface area contributed by atoms with Crippen molar-refractivity contribution in [2.24, 2.45) is 0 Å². The van der Waals surface area contributed by atoms with Gasteiger partial charge in [-0.05, 0) is 37.3 Å². The van der Waals surface area contributed by atoms with Crippen LogP contribution in [0.2, 0.25) is 0 Å². The van der Waals surface area contributed by atoms with Gasteiger partial charge >= 0.3 is 0 Å². The fraction of sp³-hybridized carbons (Fsp3) is 0.158. The second-order valence-electron chi connectivity index (χ2n) is 5.43. The maximum atomic E-state index is 12.4. The molecule has 26 heavy (non-hydrogen) atoms. The van der Waals surface area contributed by atoms with E-state index in [9.17, 15) is 9.59 Å². The first-order valence-electron chi connectivity index (χ1n) is 8.17. The molecule has 0 aliphatic rings. The minimum Gasteiger partial charge on any atom is -0.492 e. The van der Waals surface area contributed by atoms with Gasteiger partial charge in [0.1, 0.15) is 12.3 Å². The number of para-hydroxylation sites is 2. The number of hydrogen-bond acceptors (Lipinski definition) is 5. The van der Waals surface area contributed by atoms with E-state index in [0.717, 1.165) is 10.2 Å². The van der Waals surface area contributed by atoms with E-state index >= 15 is 0 Å². The van der Waals surface area contributed by atoms with Gasteiger partial charge in [0.05, 0.1) is 18.0 Å². The van der Waals surface area contributed by atoms with Crippen LogP contribution in [0, 0.1) is 0 Å². The van der Waals surface area contributed by atoms with Gasteiger partial charge in [0.15, 0.2) is 0 Å². The van der Waals surface area contributed by atoms with Gasteiger partial charge in [0.25, 0.3) is 5.56 Å². The molecule has 1 amide bonds. The maximum absolute atomic E-state index is 12.4. The summed E-state index contributed by atoms with van der Waals surface area (Å²) in [6.45, 7) is 2.16. The van der Waals surface area contributed by atoms with Crippen LogP contribution in [0.25, 0.3) is 11.3 Å². The van der Waals surface area contributed by atoms with Crippen molar-refractivity contribution in [3.05, 3.63) is 71.3 Å². The smallest absolute Gasteiger partial charge is 0.267 e. The average Bonchev–Trinajstić information content (AvgIpc) is 2.66. The second kappa shape index (κ2) is 8.06. The summed E-state index contributed by atoms with van der Waals surface area (Å²) in [5.74, 6) is 0.216. The average molecular weight is 350 g/mol. The van der Waals surface area contributed by atoms with Crippen LogP contribution >= 0.6 is 0 Å². The van der Waals surface area contributed by atoms with Crippen molar-refractivity contribution in [2.45, 2.75) is 13.5 Å². The zero-order valence-electron chi connectivity index (χ0n) is 14.3. The van der Waals surface area contributed by atoms with E-state index in [0.29, 0.717) is 23.7 Å². The van der Waals surface area contributed by atoms with Crippen LogP contribution < -0.4 is 15.6 Å². The highest BCUT2D eigenvalue weighted by Gasteiger charge is 2.10. The molecule has 0 aliphatic carbocycles. The summed E-state index contributed by atoms with van der Waals surface area (Å²) in [6.07, 6.45) is 3.29. The minimum absolute atomic E-state index is 0.196. The highest BCUT2D eigenvalue weighted by atomic mass is 16.5. The van der Waals surface area contributed by atoms with E-state index in [1.54, 1.807) is 48.8 Å². The summed E-state index contributed by atoms with van der Waals surface area (Å²) in [7, 11) is 0. The van der Waals surface area contributed by atoms with Crippen molar-refractivity contribution >= 4 is 11.6 Å². The highest BCUT2D eigenvalue weighted by molar-refractivity contribution is 5.92. The zero-order chi connectivity index (χ0) is 18.4. The highest BCUT2D eigenvalue weighted by Crippen LogP contribution is 2.23. The maximum Gasteiger partial charge on any atom is 0.267 e. The molecule has 0 saturated carbocycles. The van der Waals surface area contributed by atoms with Crippen molar-refractivity contribution < 1.29 is 9.53 Å². The molecular weight excluding hydrogens is 332 g/mol. The number of ether oxygens (including phenoxy) is 1. The van der Waals surface area contributed by atoms with Crippen LogP contribution in [0.4, 0.5) is 5.69 Å². The molecule has 7 heteroatoms. The predicted molar refractivity (Wildman–Crippen MR) is 98.0 cm³/mol. The number of nitrogens with zero attached hydrogens (tertiary/aromatic N) is 3. The summed E-state index contributed by atoms with van der Waals surface area (Å²) in [4.78, 5) is 28.4. The van der Waals surface area contributed by atoms with Crippen molar-refractivity contribution in [2.75, 3.05) is 11.9 Å². The van der Waals surface area contributed by atoms with Crippen molar-refractivity contribution in [3.8, 4) is 17.0 Å². The Labute approximate surface area is 150 Å². The second-order valence-corrected chi connectivity index (χ2v) is 5.43. The fourth-order valence-electron chi connectivity index (χ4n) is 2.42. The van der Waals surface area contributed by atoms with Crippen LogP contribution in [0.1, 0.15) is 6.92 Å². The van der Waals surface area contributed by atoms with Gasteiger partial charge in [-0.25, -0.2) is 4.68 Å². The molecule has 3 aromatic rings. The topological polar surface area (TPSA) is 86.1 Å². The molecule has 0 unspecified atom stereocenters. The number of carbonyl (C=O) groups is 1. The molecule has 0 bridgehead atoms. The Hall–Kier alpha value is -3.48. The van der Waals surface area contributed by atoms with Crippen LogP contribution in [0.5, 0.6) is 5.75 Å². The summed E-state index contributed by atoms with van der Waals surface area (Å²) in [5, 5.41) is 7.02. The number of rotatable bonds is 6.